The lowest BCUT2D eigenvalue weighted by atomic mass is 10.1. The predicted octanol–water partition coefficient (Wildman–Crippen LogP) is 4.62. The van der Waals surface area contributed by atoms with Gasteiger partial charge in [-0.15, -0.1) is 48.0 Å². The summed E-state index contributed by atoms with van der Waals surface area (Å²) in [7, 11) is 0. The average Bonchev–Trinajstić information content (AvgIpc) is 3.14. The summed E-state index contributed by atoms with van der Waals surface area (Å²) in [5.74, 6) is 2.63. The van der Waals surface area contributed by atoms with Crippen molar-refractivity contribution in [1.29, 1.82) is 0 Å². The van der Waals surface area contributed by atoms with Crippen molar-refractivity contribution in [2.45, 2.75) is 13.5 Å². The van der Waals surface area contributed by atoms with Crippen LogP contribution in [0.2, 0.25) is 0 Å². The molecule has 0 atom stereocenters. The van der Waals surface area contributed by atoms with Gasteiger partial charge in [0, 0.05) is 42.6 Å². The summed E-state index contributed by atoms with van der Waals surface area (Å²) < 4.78 is 5.79. The summed E-state index contributed by atoms with van der Waals surface area (Å²) in [5.41, 5.74) is 3.35. The third-order valence-corrected chi connectivity index (χ3v) is 4.38. The van der Waals surface area contributed by atoms with Gasteiger partial charge in [0.1, 0.15) is 17.6 Å². The quantitative estimate of drug-likeness (QED) is 0.411. The minimum absolute atomic E-state index is 0. The molecule has 0 aliphatic carbocycles. The number of alkyl halides is 2. The average molecular weight is 482 g/mol. The molecule has 0 radical (unpaired) electrons. The predicted molar refractivity (Wildman–Crippen MR) is 124 cm³/mol. The molecule has 2 aromatic heterocycles. The Hall–Kier alpha value is -1.51. The molecule has 29 heavy (non-hydrogen) atoms. The molecule has 0 saturated carbocycles. The maximum Gasteiger partial charge on any atom is 0.182 e. The summed E-state index contributed by atoms with van der Waals surface area (Å²) >= 11 is 11.9. The number of ether oxygens (including phenoxy) is 1. The zero-order valence-electron chi connectivity index (χ0n) is 15.9. The number of hydrogen-bond acceptors (Lipinski definition) is 6. The van der Waals surface area contributed by atoms with Crippen LogP contribution in [-0.4, -0.2) is 56.3 Å². The smallest absolute Gasteiger partial charge is 0.182 e. The molecule has 0 spiro atoms. The SMILES string of the molecule is CCOc1ccc(Nc2ncnc3nc[nH]c23)cc1CN(CCCl)CCCl.Cl.Cl. The van der Waals surface area contributed by atoms with E-state index in [0.717, 1.165) is 35.6 Å². The lowest BCUT2D eigenvalue weighted by Gasteiger charge is -2.22. The van der Waals surface area contributed by atoms with E-state index in [0.29, 0.717) is 36.4 Å². The topological polar surface area (TPSA) is 79.0 Å². The number of anilines is 2. The molecule has 0 bridgehead atoms. The number of aromatic nitrogens is 4. The van der Waals surface area contributed by atoms with Gasteiger partial charge in [0.25, 0.3) is 0 Å². The molecule has 11 heteroatoms. The number of aromatic amines is 1. The van der Waals surface area contributed by atoms with E-state index >= 15 is 0 Å². The van der Waals surface area contributed by atoms with Crippen LogP contribution < -0.4 is 10.1 Å². The maximum absolute atomic E-state index is 5.93. The fraction of sp³-hybridized carbons (Fsp3) is 0.389. The van der Waals surface area contributed by atoms with Gasteiger partial charge >= 0.3 is 0 Å². The lowest BCUT2D eigenvalue weighted by Crippen LogP contribution is -2.27. The van der Waals surface area contributed by atoms with Crippen LogP contribution in [0.1, 0.15) is 12.5 Å². The number of benzene rings is 1. The Bertz CT molecular complexity index is 872. The zero-order valence-corrected chi connectivity index (χ0v) is 19.0. The maximum atomic E-state index is 5.93. The Labute approximate surface area is 192 Å². The van der Waals surface area contributed by atoms with Crippen molar-refractivity contribution in [2.24, 2.45) is 0 Å². The van der Waals surface area contributed by atoms with Crippen LogP contribution in [0.3, 0.4) is 0 Å². The monoisotopic (exact) mass is 480 g/mol. The second kappa shape index (κ2) is 12.9. The van der Waals surface area contributed by atoms with E-state index in [-0.39, 0.29) is 24.8 Å². The van der Waals surface area contributed by atoms with Crippen molar-refractivity contribution < 1.29 is 4.74 Å². The van der Waals surface area contributed by atoms with Crippen LogP contribution in [0, 0.1) is 0 Å². The highest BCUT2D eigenvalue weighted by Crippen LogP contribution is 2.27. The lowest BCUT2D eigenvalue weighted by molar-refractivity contribution is 0.285. The van der Waals surface area contributed by atoms with Gasteiger partial charge in [-0.25, -0.2) is 15.0 Å². The molecule has 0 aliphatic rings. The van der Waals surface area contributed by atoms with Gasteiger partial charge in [-0.05, 0) is 25.1 Å². The minimum Gasteiger partial charge on any atom is -0.494 e. The van der Waals surface area contributed by atoms with E-state index in [1.807, 2.05) is 19.1 Å². The minimum atomic E-state index is 0. The van der Waals surface area contributed by atoms with Gasteiger partial charge in [-0.1, -0.05) is 0 Å². The van der Waals surface area contributed by atoms with Crippen molar-refractivity contribution in [3.8, 4) is 5.75 Å². The molecule has 3 aromatic rings. The third kappa shape index (κ3) is 6.76. The van der Waals surface area contributed by atoms with Crippen molar-refractivity contribution in [2.75, 3.05) is 36.8 Å². The second-order valence-electron chi connectivity index (χ2n) is 5.86. The van der Waals surface area contributed by atoms with Crippen LogP contribution in [0.15, 0.2) is 30.9 Å². The van der Waals surface area contributed by atoms with Gasteiger partial charge in [0.2, 0.25) is 0 Å². The van der Waals surface area contributed by atoms with Gasteiger partial charge in [0.15, 0.2) is 11.5 Å². The molecule has 7 nitrogen and oxygen atoms in total. The fourth-order valence-electron chi connectivity index (χ4n) is 2.82. The molecule has 160 valence electrons. The van der Waals surface area contributed by atoms with Crippen LogP contribution in [-0.2, 0) is 6.54 Å². The fourth-order valence-corrected chi connectivity index (χ4v) is 3.30. The van der Waals surface area contributed by atoms with Crippen molar-refractivity contribution in [3.63, 3.8) is 0 Å². The first-order valence-corrected chi connectivity index (χ1v) is 9.83. The highest BCUT2D eigenvalue weighted by atomic mass is 35.5. The number of hydrogen-bond donors (Lipinski definition) is 2. The van der Waals surface area contributed by atoms with Gasteiger partial charge < -0.3 is 15.0 Å². The van der Waals surface area contributed by atoms with Crippen molar-refractivity contribution in [3.05, 3.63) is 36.4 Å². The number of nitrogens with zero attached hydrogens (tertiary/aromatic N) is 4. The van der Waals surface area contributed by atoms with Crippen LogP contribution in [0.25, 0.3) is 11.2 Å². The standard InChI is InChI=1S/C18H22Cl2N6O.2ClH/c1-2-27-15-4-3-14(9-13(15)10-26(7-5-19)8-6-20)25-18-16-17(22-11-21-16)23-12-24-18;;/h3-4,9,11-12H,2,5-8,10H2,1H3,(H2,21,22,23,24,25);2*1H. The number of halogens is 4. The summed E-state index contributed by atoms with van der Waals surface area (Å²) in [4.78, 5) is 17.9. The molecule has 0 fully saturated rings. The zero-order chi connectivity index (χ0) is 19.1. The molecule has 0 unspecified atom stereocenters. The highest BCUT2D eigenvalue weighted by molar-refractivity contribution is 6.18. The largest absolute Gasteiger partial charge is 0.494 e. The number of imidazole rings is 1. The van der Waals surface area contributed by atoms with Gasteiger partial charge in [0.05, 0.1) is 12.9 Å². The van der Waals surface area contributed by atoms with Crippen LogP contribution in [0.4, 0.5) is 11.5 Å². The Kier molecular flexibility index (Phi) is 11.4. The van der Waals surface area contributed by atoms with E-state index in [4.69, 9.17) is 27.9 Å². The molecule has 0 aliphatic heterocycles. The summed E-state index contributed by atoms with van der Waals surface area (Å²) in [6.07, 6.45) is 3.09. The molecule has 0 saturated heterocycles. The van der Waals surface area contributed by atoms with Crippen LogP contribution >= 0.6 is 48.0 Å². The summed E-state index contributed by atoms with van der Waals surface area (Å²) in [6.45, 7) is 4.80. The molecule has 3 rings (SSSR count). The van der Waals surface area contributed by atoms with Gasteiger partial charge in [-0.3, -0.25) is 4.90 Å². The summed E-state index contributed by atoms with van der Waals surface area (Å²) in [6, 6.07) is 5.99. The molecule has 2 N–H and O–H groups in total. The molecule has 0 amide bonds. The van der Waals surface area contributed by atoms with E-state index in [1.54, 1.807) is 6.33 Å². The Morgan fingerprint density at radius 3 is 2.55 bits per heavy atom. The number of fused-ring (bicyclic) bond motifs is 1. The number of nitrogens with one attached hydrogen (secondary N) is 2. The first-order chi connectivity index (χ1) is 13.2. The highest BCUT2D eigenvalue weighted by Gasteiger charge is 2.12. The summed E-state index contributed by atoms with van der Waals surface area (Å²) in [5, 5.41) is 3.33. The molecular weight excluding hydrogens is 458 g/mol. The first-order valence-electron chi connectivity index (χ1n) is 8.76. The molecule has 2 heterocycles. The van der Waals surface area contributed by atoms with Gasteiger partial charge in [-0.2, -0.15) is 0 Å². The second-order valence-corrected chi connectivity index (χ2v) is 6.61. The van der Waals surface area contributed by atoms with Crippen molar-refractivity contribution >= 4 is 70.7 Å². The normalized spacial score (nSPS) is 10.5. The number of rotatable bonds is 10. The van der Waals surface area contributed by atoms with Crippen LogP contribution in [0.5, 0.6) is 5.75 Å². The van der Waals surface area contributed by atoms with Crippen molar-refractivity contribution in [1.82, 2.24) is 24.8 Å². The first kappa shape index (κ1) is 25.5. The molecular formula is C18H24Cl4N6O. The van der Waals surface area contributed by atoms with E-state index < -0.39 is 0 Å². The molecule has 1 aromatic carbocycles. The Morgan fingerprint density at radius 2 is 1.86 bits per heavy atom. The van der Waals surface area contributed by atoms with E-state index in [1.165, 1.54) is 6.33 Å². The Balaban J connectivity index is 0.00000210. The van der Waals surface area contributed by atoms with E-state index in [2.05, 4.69) is 36.2 Å². The number of H-pyrrole nitrogens is 1. The van der Waals surface area contributed by atoms with E-state index in [9.17, 15) is 0 Å². The third-order valence-electron chi connectivity index (χ3n) is 4.04. The Morgan fingerprint density at radius 1 is 1.10 bits per heavy atom.